The van der Waals surface area contributed by atoms with Gasteiger partial charge in [-0.15, -0.1) is 0 Å². The topological polar surface area (TPSA) is 3.24 Å². The monoisotopic (exact) mass is 263 g/mol. The summed E-state index contributed by atoms with van der Waals surface area (Å²) in [6.07, 6.45) is 6.93. The third-order valence-electron chi connectivity index (χ3n) is 4.10. The lowest BCUT2D eigenvalue weighted by Crippen LogP contribution is -2.08. The SMILES string of the molecule is CN(C)c1ccc(CCC2C=Cc3ccccc32)cc1. The van der Waals surface area contributed by atoms with Crippen molar-refractivity contribution in [3.05, 3.63) is 71.3 Å². The second-order valence-corrected chi connectivity index (χ2v) is 5.69. The number of hydrogen-bond acceptors (Lipinski definition) is 1. The van der Waals surface area contributed by atoms with E-state index in [1.54, 1.807) is 0 Å². The Morgan fingerprint density at radius 2 is 1.70 bits per heavy atom. The summed E-state index contributed by atoms with van der Waals surface area (Å²) in [7, 11) is 4.16. The quantitative estimate of drug-likeness (QED) is 0.785. The van der Waals surface area contributed by atoms with Crippen molar-refractivity contribution >= 4 is 11.8 Å². The van der Waals surface area contributed by atoms with E-state index in [1.165, 1.54) is 28.8 Å². The van der Waals surface area contributed by atoms with Crippen LogP contribution in [0.1, 0.15) is 29.0 Å². The van der Waals surface area contributed by atoms with E-state index < -0.39 is 0 Å². The lowest BCUT2D eigenvalue weighted by Gasteiger charge is -2.14. The minimum Gasteiger partial charge on any atom is -0.378 e. The third-order valence-corrected chi connectivity index (χ3v) is 4.10. The van der Waals surface area contributed by atoms with Crippen molar-refractivity contribution < 1.29 is 0 Å². The summed E-state index contributed by atoms with van der Waals surface area (Å²) in [5.74, 6) is 0.583. The average molecular weight is 263 g/mol. The molecule has 0 radical (unpaired) electrons. The van der Waals surface area contributed by atoms with E-state index in [2.05, 4.69) is 79.7 Å². The fourth-order valence-electron chi connectivity index (χ4n) is 2.86. The van der Waals surface area contributed by atoms with E-state index in [9.17, 15) is 0 Å². The van der Waals surface area contributed by atoms with Gasteiger partial charge >= 0.3 is 0 Å². The molecule has 102 valence electrons. The smallest absolute Gasteiger partial charge is 0.0361 e. The van der Waals surface area contributed by atoms with Crippen LogP contribution in [-0.4, -0.2) is 14.1 Å². The molecule has 3 rings (SSSR count). The first-order chi connectivity index (χ1) is 9.74. The fourth-order valence-corrected chi connectivity index (χ4v) is 2.86. The van der Waals surface area contributed by atoms with Crippen molar-refractivity contribution in [3.8, 4) is 0 Å². The van der Waals surface area contributed by atoms with Crippen molar-refractivity contribution in [2.24, 2.45) is 0 Å². The Morgan fingerprint density at radius 3 is 2.45 bits per heavy atom. The summed E-state index contributed by atoms with van der Waals surface area (Å²) in [5.41, 5.74) is 5.56. The molecule has 0 spiro atoms. The van der Waals surface area contributed by atoms with Crippen LogP contribution in [0.25, 0.3) is 6.08 Å². The standard InChI is InChI=1S/C19H21N/c1-20(2)18-13-8-15(9-14-18)7-10-17-12-11-16-5-3-4-6-19(16)17/h3-6,8-9,11-14,17H,7,10H2,1-2H3. The summed E-state index contributed by atoms with van der Waals surface area (Å²) in [4.78, 5) is 2.14. The van der Waals surface area contributed by atoms with E-state index in [4.69, 9.17) is 0 Å². The van der Waals surface area contributed by atoms with E-state index in [0.29, 0.717) is 5.92 Å². The first kappa shape index (κ1) is 13.0. The molecule has 0 fully saturated rings. The second kappa shape index (κ2) is 5.54. The molecule has 0 heterocycles. The van der Waals surface area contributed by atoms with Crippen LogP contribution < -0.4 is 4.90 Å². The van der Waals surface area contributed by atoms with Crippen LogP contribution in [-0.2, 0) is 6.42 Å². The number of fused-ring (bicyclic) bond motifs is 1. The first-order valence-electron chi connectivity index (χ1n) is 7.27. The van der Waals surface area contributed by atoms with Gasteiger partial charge in [0.1, 0.15) is 0 Å². The molecule has 1 atom stereocenters. The van der Waals surface area contributed by atoms with Crippen molar-refractivity contribution in [2.75, 3.05) is 19.0 Å². The Bertz CT molecular complexity index is 608. The molecule has 2 aromatic carbocycles. The highest BCUT2D eigenvalue weighted by Gasteiger charge is 2.16. The summed E-state index contributed by atoms with van der Waals surface area (Å²) in [5, 5.41) is 0. The van der Waals surface area contributed by atoms with E-state index in [1.807, 2.05) is 0 Å². The molecule has 0 bridgehead atoms. The van der Waals surface area contributed by atoms with Crippen LogP contribution in [0.3, 0.4) is 0 Å². The molecule has 0 amide bonds. The van der Waals surface area contributed by atoms with Gasteiger partial charge in [-0.05, 0) is 41.7 Å². The van der Waals surface area contributed by atoms with E-state index in [-0.39, 0.29) is 0 Å². The second-order valence-electron chi connectivity index (χ2n) is 5.69. The zero-order valence-corrected chi connectivity index (χ0v) is 12.2. The molecule has 1 aliphatic carbocycles. The van der Waals surface area contributed by atoms with Crippen LogP contribution >= 0.6 is 0 Å². The van der Waals surface area contributed by atoms with Crippen LogP contribution in [0.4, 0.5) is 5.69 Å². The highest BCUT2D eigenvalue weighted by Crippen LogP contribution is 2.33. The zero-order valence-electron chi connectivity index (χ0n) is 12.2. The number of benzene rings is 2. The number of hydrogen-bond donors (Lipinski definition) is 0. The van der Waals surface area contributed by atoms with Gasteiger partial charge < -0.3 is 4.90 Å². The van der Waals surface area contributed by atoms with Crippen molar-refractivity contribution in [1.29, 1.82) is 0 Å². The lowest BCUT2D eigenvalue weighted by atomic mass is 9.94. The minimum absolute atomic E-state index is 0.583. The molecular weight excluding hydrogens is 242 g/mol. The molecule has 0 aliphatic heterocycles. The third kappa shape index (κ3) is 2.62. The highest BCUT2D eigenvalue weighted by molar-refractivity contribution is 5.62. The van der Waals surface area contributed by atoms with Gasteiger partial charge in [-0.3, -0.25) is 0 Å². The van der Waals surface area contributed by atoms with Crippen LogP contribution in [0.15, 0.2) is 54.6 Å². The molecular formula is C19H21N. The van der Waals surface area contributed by atoms with Gasteiger partial charge in [-0.2, -0.15) is 0 Å². The van der Waals surface area contributed by atoms with Crippen LogP contribution in [0.5, 0.6) is 0 Å². The molecule has 1 aliphatic rings. The number of rotatable bonds is 4. The normalized spacial score (nSPS) is 16.2. The molecule has 1 unspecified atom stereocenters. The van der Waals surface area contributed by atoms with Gasteiger partial charge in [0, 0.05) is 25.7 Å². The Hall–Kier alpha value is -2.02. The number of aryl methyl sites for hydroxylation is 1. The fraction of sp³-hybridized carbons (Fsp3) is 0.263. The molecule has 0 saturated carbocycles. The van der Waals surface area contributed by atoms with Gasteiger partial charge in [0.25, 0.3) is 0 Å². The van der Waals surface area contributed by atoms with Crippen molar-refractivity contribution in [2.45, 2.75) is 18.8 Å². The number of anilines is 1. The van der Waals surface area contributed by atoms with Gasteiger partial charge in [0.05, 0.1) is 0 Å². The van der Waals surface area contributed by atoms with E-state index in [0.717, 1.165) is 6.42 Å². The van der Waals surface area contributed by atoms with E-state index >= 15 is 0 Å². The molecule has 1 heteroatoms. The predicted molar refractivity (Wildman–Crippen MR) is 87.3 cm³/mol. The summed E-state index contributed by atoms with van der Waals surface area (Å²) in [6.45, 7) is 0. The summed E-state index contributed by atoms with van der Waals surface area (Å²) < 4.78 is 0. The van der Waals surface area contributed by atoms with Gasteiger partial charge in [0.15, 0.2) is 0 Å². The Kier molecular flexibility index (Phi) is 3.60. The lowest BCUT2D eigenvalue weighted by molar-refractivity contribution is 0.745. The average Bonchev–Trinajstić information content (AvgIpc) is 2.89. The molecule has 0 N–H and O–H groups in total. The van der Waals surface area contributed by atoms with Crippen LogP contribution in [0.2, 0.25) is 0 Å². The summed E-state index contributed by atoms with van der Waals surface area (Å²) in [6, 6.07) is 17.6. The Morgan fingerprint density at radius 1 is 0.950 bits per heavy atom. The number of allylic oxidation sites excluding steroid dienone is 1. The van der Waals surface area contributed by atoms with Crippen molar-refractivity contribution in [3.63, 3.8) is 0 Å². The maximum atomic E-state index is 2.35. The first-order valence-corrected chi connectivity index (χ1v) is 7.27. The molecule has 0 saturated heterocycles. The Labute approximate surface area is 121 Å². The predicted octanol–water partition coefficient (Wildman–Crippen LogP) is 4.50. The van der Waals surface area contributed by atoms with Gasteiger partial charge in [0.2, 0.25) is 0 Å². The maximum absolute atomic E-state index is 2.35. The highest BCUT2D eigenvalue weighted by atomic mass is 15.1. The molecule has 0 aromatic heterocycles. The number of nitrogens with zero attached hydrogens (tertiary/aromatic N) is 1. The van der Waals surface area contributed by atoms with Gasteiger partial charge in [-0.1, -0.05) is 48.6 Å². The molecule has 20 heavy (non-hydrogen) atoms. The van der Waals surface area contributed by atoms with Gasteiger partial charge in [-0.25, -0.2) is 0 Å². The minimum atomic E-state index is 0.583. The molecule has 2 aromatic rings. The maximum Gasteiger partial charge on any atom is 0.0361 e. The Balaban J connectivity index is 1.65. The molecule has 1 nitrogen and oxygen atoms in total. The summed E-state index contributed by atoms with van der Waals surface area (Å²) >= 11 is 0. The zero-order chi connectivity index (χ0) is 13.9. The largest absolute Gasteiger partial charge is 0.378 e. The van der Waals surface area contributed by atoms with Crippen LogP contribution in [0, 0.1) is 0 Å². The van der Waals surface area contributed by atoms with Crippen molar-refractivity contribution in [1.82, 2.24) is 0 Å².